The van der Waals surface area contributed by atoms with E-state index in [1.807, 2.05) is 4.90 Å². The SMILES string of the molecule is O=C(Nc1ccc(OC(F)F)c(F)c1)N1CCN(CCCOCC(F)(F)F)CC1. The van der Waals surface area contributed by atoms with Crippen LogP contribution in [0.4, 0.5) is 36.8 Å². The molecule has 0 aliphatic carbocycles. The molecule has 0 unspecified atom stereocenters. The Kier molecular flexibility index (Phi) is 8.38. The number of hydrogen-bond acceptors (Lipinski definition) is 4. The van der Waals surface area contributed by atoms with Crippen molar-refractivity contribution in [1.82, 2.24) is 9.80 Å². The minimum atomic E-state index is -4.34. The summed E-state index contributed by atoms with van der Waals surface area (Å²) < 4.78 is 82.4. The summed E-state index contributed by atoms with van der Waals surface area (Å²) >= 11 is 0. The molecule has 1 aromatic rings. The summed E-state index contributed by atoms with van der Waals surface area (Å²) in [6, 6.07) is 2.65. The number of carbonyl (C=O) groups excluding carboxylic acids is 1. The summed E-state index contributed by atoms with van der Waals surface area (Å²) in [7, 11) is 0. The lowest BCUT2D eigenvalue weighted by molar-refractivity contribution is -0.174. The molecule has 1 aromatic carbocycles. The van der Waals surface area contributed by atoms with Gasteiger partial charge in [0.05, 0.1) is 0 Å². The fourth-order valence-corrected chi connectivity index (χ4v) is 2.73. The minimum absolute atomic E-state index is 0.00293. The quantitative estimate of drug-likeness (QED) is 0.508. The lowest BCUT2D eigenvalue weighted by Crippen LogP contribution is -2.50. The maximum absolute atomic E-state index is 13.7. The number of amides is 2. The molecule has 0 radical (unpaired) electrons. The molecule has 1 aliphatic rings. The van der Waals surface area contributed by atoms with Crippen LogP contribution in [0.5, 0.6) is 5.75 Å². The molecule has 6 nitrogen and oxygen atoms in total. The first-order valence-corrected chi connectivity index (χ1v) is 8.81. The highest BCUT2D eigenvalue weighted by molar-refractivity contribution is 5.89. The summed E-state index contributed by atoms with van der Waals surface area (Å²) in [5.41, 5.74) is 0.0957. The van der Waals surface area contributed by atoms with Gasteiger partial charge >= 0.3 is 18.8 Å². The third kappa shape index (κ3) is 8.36. The van der Waals surface area contributed by atoms with Gasteiger partial charge in [0.15, 0.2) is 11.6 Å². The van der Waals surface area contributed by atoms with Crippen LogP contribution >= 0.6 is 0 Å². The second-order valence-corrected chi connectivity index (χ2v) is 6.30. The summed E-state index contributed by atoms with van der Waals surface area (Å²) in [6.07, 6.45) is -3.90. The van der Waals surface area contributed by atoms with E-state index >= 15 is 0 Å². The molecule has 164 valence electrons. The average molecular weight is 429 g/mol. The Morgan fingerprint density at radius 1 is 1.17 bits per heavy atom. The molecule has 0 spiro atoms. The van der Waals surface area contributed by atoms with Crippen molar-refractivity contribution in [2.75, 3.05) is 51.3 Å². The molecule has 0 saturated carbocycles. The molecule has 0 aromatic heterocycles. The van der Waals surface area contributed by atoms with E-state index in [-0.39, 0.29) is 12.3 Å². The molecule has 2 rings (SSSR count). The smallest absolute Gasteiger partial charge is 0.411 e. The summed E-state index contributed by atoms with van der Waals surface area (Å²) in [4.78, 5) is 15.7. The van der Waals surface area contributed by atoms with Gasteiger partial charge in [0.25, 0.3) is 0 Å². The number of ether oxygens (including phenoxy) is 2. The Hall–Kier alpha value is -2.21. The van der Waals surface area contributed by atoms with E-state index in [4.69, 9.17) is 0 Å². The van der Waals surface area contributed by atoms with Crippen molar-refractivity contribution in [2.45, 2.75) is 19.2 Å². The van der Waals surface area contributed by atoms with Gasteiger partial charge in [-0.2, -0.15) is 22.0 Å². The topological polar surface area (TPSA) is 54.0 Å². The molecule has 0 atom stereocenters. The van der Waals surface area contributed by atoms with Crippen LogP contribution in [0.25, 0.3) is 0 Å². The van der Waals surface area contributed by atoms with Gasteiger partial charge in [0.2, 0.25) is 0 Å². The number of nitrogens with zero attached hydrogens (tertiary/aromatic N) is 2. The summed E-state index contributed by atoms with van der Waals surface area (Å²) in [6.45, 7) is -2.06. The van der Waals surface area contributed by atoms with Crippen molar-refractivity contribution in [2.24, 2.45) is 0 Å². The van der Waals surface area contributed by atoms with Crippen molar-refractivity contribution >= 4 is 11.7 Å². The molecule has 12 heteroatoms. The van der Waals surface area contributed by atoms with Crippen molar-refractivity contribution < 1.29 is 40.6 Å². The van der Waals surface area contributed by atoms with Gasteiger partial charge in [-0.15, -0.1) is 0 Å². The van der Waals surface area contributed by atoms with Crippen LogP contribution in [0.2, 0.25) is 0 Å². The van der Waals surface area contributed by atoms with Crippen LogP contribution in [-0.4, -0.2) is 74.6 Å². The van der Waals surface area contributed by atoms with Gasteiger partial charge in [-0.25, -0.2) is 9.18 Å². The maximum atomic E-state index is 13.7. The van der Waals surface area contributed by atoms with E-state index in [2.05, 4.69) is 14.8 Å². The van der Waals surface area contributed by atoms with E-state index in [1.54, 1.807) is 0 Å². The Morgan fingerprint density at radius 2 is 1.86 bits per heavy atom. The molecular formula is C17H21F6N3O3. The third-order valence-corrected chi connectivity index (χ3v) is 4.09. The number of carbonyl (C=O) groups is 1. The zero-order valence-electron chi connectivity index (χ0n) is 15.4. The standard InChI is InChI=1S/C17H21F6N3O3/c18-13-10-12(2-3-14(13)29-15(19)20)24-16(27)26-7-5-25(6-8-26)4-1-9-28-11-17(21,22)23/h2-3,10,15H,1,4-9,11H2,(H,24,27). The number of nitrogens with one attached hydrogen (secondary N) is 1. The Labute approximate surface area is 163 Å². The predicted molar refractivity (Wildman–Crippen MR) is 91.6 cm³/mol. The lowest BCUT2D eigenvalue weighted by Gasteiger charge is -2.34. The Bertz CT molecular complexity index is 666. The van der Waals surface area contributed by atoms with E-state index < -0.39 is 37.0 Å². The van der Waals surface area contributed by atoms with Crippen LogP contribution in [-0.2, 0) is 4.74 Å². The maximum Gasteiger partial charge on any atom is 0.411 e. The number of halogens is 6. The van der Waals surface area contributed by atoms with Crippen molar-refractivity contribution in [3.05, 3.63) is 24.0 Å². The van der Waals surface area contributed by atoms with Gasteiger partial charge in [0, 0.05) is 51.1 Å². The third-order valence-electron chi connectivity index (χ3n) is 4.09. The average Bonchev–Trinajstić information content (AvgIpc) is 2.63. The van der Waals surface area contributed by atoms with Crippen LogP contribution in [0.15, 0.2) is 18.2 Å². The van der Waals surface area contributed by atoms with Crippen LogP contribution < -0.4 is 10.1 Å². The van der Waals surface area contributed by atoms with E-state index in [9.17, 15) is 31.1 Å². The highest BCUT2D eigenvalue weighted by Gasteiger charge is 2.27. The van der Waals surface area contributed by atoms with Gasteiger partial charge < -0.3 is 19.7 Å². The molecule has 0 bridgehead atoms. The first kappa shape index (κ1) is 23.1. The molecule has 2 amide bonds. The zero-order valence-corrected chi connectivity index (χ0v) is 15.4. The fourth-order valence-electron chi connectivity index (χ4n) is 2.73. The molecule has 1 heterocycles. The number of piperazine rings is 1. The number of benzene rings is 1. The first-order valence-electron chi connectivity index (χ1n) is 8.81. The molecule has 1 fully saturated rings. The molecule has 1 aliphatic heterocycles. The molecule has 1 saturated heterocycles. The van der Waals surface area contributed by atoms with Crippen molar-refractivity contribution in [1.29, 1.82) is 0 Å². The van der Waals surface area contributed by atoms with E-state index in [0.29, 0.717) is 39.1 Å². The number of rotatable bonds is 8. The summed E-state index contributed by atoms with van der Waals surface area (Å²) in [5, 5.41) is 2.48. The number of urea groups is 1. The highest BCUT2D eigenvalue weighted by Crippen LogP contribution is 2.23. The largest absolute Gasteiger partial charge is 0.432 e. The van der Waals surface area contributed by atoms with Crippen LogP contribution in [0.3, 0.4) is 0 Å². The van der Waals surface area contributed by atoms with E-state index in [0.717, 1.165) is 12.1 Å². The zero-order chi connectivity index (χ0) is 21.4. The Morgan fingerprint density at radius 3 is 2.45 bits per heavy atom. The lowest BCUT2D eigenvalue weighted by atomic mass is 10.2. The van der Waals surface area contributed by atoms with Gasteiger partial charge in [0.1, 0.15) is 6.61 Å². The van der Waals surface area contributed by atoms with Gasteiger partial charge in [-0.1, -0.05) is 0 Å². The number of anilines is 1. The Balaban J connectivity index is 1.70. The van der Waals surface area contributed by atoms with Gasteiger partial charge in [-0.3, -0.25) is 4.90 Å². The van der Waals surface area contributed by atoms with Crippen LogP contribution in [0.1, 0.15) is 6.42 Å². The highest BCUT2D eigenvalue weighted by atomic mass is 19.4. The minimum Gasteiger partial charge on any atom is -0.432 e. The van der Waals surface area contributed by atoms with E-state index in [1.165, 1.54) is 11.0 Å². The summed E-state index contributed by atoms with van der Waals surface area (Å²) in [5.74, 6) is -1.65. The molecule has 29 heavy (non-hydrogen) atoms. The second-order valence-electron chi connectivity index (χ2n) is 6.30. The molecular weight excluding hydrogens is 408 g/mol. The monoisotopic (exact) mass is 429 g/mol. The normalized spacial score (nSPS) is 15.6. The van der Waals surface area contributed by atoms with Gasteiger partial charge in [-0.05, 0) is 18.6 Å². The van der Waals surface area contributed by atoms with Crippen LogP contribution in [0, 0.1) is 5.82 Å². The predicted octanol–water partition coefficient (Wildman–Crippen LogP) is 3.55. The number of hydrogen-bond donors (Lipinski definition) is 1. The van der Waals surface area contributed by atoms with Crippen molar-refractivity contribution in [3.8, 4) is 5.75 Å². The van der Waals surface area contributed by atoms with Crippen molar-refractivity contribution in [3.63, 3.8) is 0 Å². The first-order chi connectivity index (χ1) is 13.6. The fraction of sp³-hybridized carbons (Fsp3) is 0.588. The molecule has 1 N–H and O–H groups in total. The number of alkyl halides is 5. The second kappa shape index (κ2) is 10.5.